The fourth-order valence-corrected chi connectivity index (χ4v) is 5.65. The van der Waals surface area contributed by atoms with Gasteiger partial charge in [-0.05, 0) is 24.3 Å². The van der Waals surface area contributed by atoms with Crippen LogP contribution in [0.5, 0.6) is 0 Å². The average molecular weight is 356 g/mol. The first-order valence-electron chi connectivity index (χ1n) is 8.38. The van der Waals surface area contributed by atoms with Crippen LogP contribution in [0, 0.1) is 0 Å². The van der Waals surface area contributed by atoms with Gasteiger partial charge in [-0.1, -0.05) is 66.7 Å². The lowest BCUT2D eigenvalue weighted by atomic mass is 10.2. The third-order valence-corrected chi connectivity index (χ3v) is 7.33. The van der Waals surface area contributed by atoms with Crippen molar-refractivity contribution in [2.45, 2.75) is 0 Å². The van der Waals surface area contributed by atoms with Crippen molar-refractivity contribution in [3.63, 3.8) is 0 Å². The van der Waals surface area contributed by atoms with E-state index in [0.29, 0.717) is 0 Å². The summed E-state index contributed by atoms with van der Waals surface area (Å²) in [4.78, 5) is 8.79. The zero-order valence-corrected chi connectivity index (χ0v) is 15.0. The molecule has 0 aliphatic heterocycles. The van der Waals surface area contributed by atoms with Crippen LogP contribution in [0.15, 0.2) is 103 Å². The lowest BCUT2D eigenvalue weighted by Gasteiger charge is -2.20. The topological polar surface area (TPSA) is 42.9 Å². The molecule has 0 atom stereocenters. The van der Waals surface area contributed by atoms with E-state index in [0.717, 1.165) is 27.3 Å². The van der Waals surface area contributed by atoms with Crippen LogP contribution in [-0.4, -0.2) is 9.97 Å². The third-order valence-electron chi connectivity index (χ3n) is 4.27. The fraction of sp³-hybridized carbons (Fsp3) is 0. The second-order valence-electron chi connectivity index (χ2n) is 5.89. The minimum absolute atomic E-state index is 0.718. The summed E-state index contributed by atoms with van der Waals surface area (Å²) < 4.78 is 14.4. The molecule has 0 amide bonds. The van der Waals surface area contributed by atoms with Gasteiger partial charge in [-0.15, -0.1) is 0 Å². The second kappa shape index (κ2) is 7.07. The Hall–Kier alpha value is -3.03. The summed E-state index contributed by atoms with van der Waals surface area (Å²) in [6.45, 7) is 0. The maximum atomic E-state index is 14.4. The molecule has 0 spiro atoms. The third kappa shape index (κ3) is 2.98. The molecule has 2 aromatic heterocycles. The highest BCUT2D eigenvalue weighted by Crippen LogP contribution is 2.42. The molecule has 2 aromatic carbocycles. The summed E-state index contributed by atoms with van der Waals surface area (Å²) in [5.74, 6) is 0. The highest BCUT2D eigenvalue weighted by atomic mass is 31.2. The highest BCUT2D eigenvalue weighted by Gasteiger charge is 2.29. The number of hydrogen-bond acceptors (Lipinski definition) is 3. The quantitative estimate of drug-likeness (QED) is 0.523. The van der Waals surface area contributed by atoms with E-state index < -0.39 is 7.14 Å². The lowest BCUT2D eigenvalue weighted by molar-refractivity contribution is 0.592. The van der Waals surface area contributed by atoms with Gasteiger partial charge in [0.1, 0.15) is 0 Å². The van der Waals surface area contributed by atoms with Crippen molar-refractivity contribution in [2.24, 2.45) is 0 Å². The highest BCUT2D eigenvalue weighted by molar-refractivity contribution is 7.85. The number of benzene rings is 2. The monoisotopic (exact) mass is 356 g/mol. The molecule has 0 bridgehead atoms. The molecule has 0 aliphatic rings. The van der Waals surface area contributed by atoms with Gasteiger partial charge in [0, 0.05) is 28.3 Å². The first-order valence-corrected chi connectivity index (χ1v) is 10.1. The smallest absolute Gasteiger partial charge is 0.171 e. The van der Waals surface area contributed by atoms with E-state index in [2.05, 4.69) is 9.97 Å². The van der Waals surface area contributed by atoms with Crippen LogP contribution in [0.3, 0.4) is 0 Å². The molecule has 0 saturated carbocycles. The van der Waals surface area contributed by atoms with E-state index in [1.165, 1.54) is 0 Å². The predicted molar refractivity (Wildman–Crippen MR) is 107 cm³/mol. The van der Waals surface area contributed by atoms with Crippen LogP contribution >= 0.6 is 7.14 Å². The van der Waals surface area contributed by atoms with Crippen molar-refractivity contribution in [2.75, 3.05) is 0 Å². The Morgan fingerprint density at radius 2 is 1.12 bits per heavy atom. The van der Waals surface area contributed by atoms with Gasteiger partial charge in [0.15, 0.2) is 7.14 Å². The second-order valence-corrected chi connectivity index (χ2v) is 8.66. The summed E-state index contributed by atoms with van der Waals surface area (Å²) in [6.07, 6.45) is 3.44. The molecule has 3 nitrogen and oxygen atoms in total. The zero-order valence-electron chi connectivity index (χ0n) is 14.1. The Morgan fingerprint density at radius 1 is 0.538 bits per heavy atom. The summed E-state index contributed by atoms with van der Waals surface area (Å²) >= 11 is 0. The van der Waals surface area contributed by atoms with Crippen LogP contribution in [-0.2, 0) is 4.57 Å². The first kappa shape index (κ1) is 16.4. The molecular formula is C22H17N2OP. The molecule has 0 saturated heterocycles. The molecule has 4 heteroatoms. The number of pyridine rings is 2. The van der Waals surface area contributed by atoms with E-state index in [4.69, 9.17) is 0 Å². The standard InChI is InChI=1S/C22H17N2OP/c25-26(18-9-3-1-4-10-18,19-11-5-2-6-12-19)20-14-16-24-22(17-20)21-13-7-8-15-23-21/h1-17H. The minimum Gasteiger partial charge on any atom is -0.309 e. The Bertz CT molecular complexity index is 1010. The predicted octanol–water partition coefficient (Wildman–Crippen LogP) is 3.78. The van der Waals surface area contributed by atoms with Gasteiger partial charge < -0.3 is 4.57 Å². The van der Waals surface area contributed by atoms with Crippen molar-refractivity contribution in [1.29, 1.82) is 0 Å². The van der Waals surface area contributed by atoms with Gasteiger partial charge >= 0.3 is 0 Å². The van der Waals surface area contributed by atoms with Crippen molar-refractivity contribution < 1.29 is 4.57 Å². The van der Waals surface area contributed by atoms with Gasteiger partial charge in [-0.25, -0.2) is 0 Å². The normalized spacial score (nSPS) is 11.2. The molecule has 0 N–H and O–H groups in total. The largest absolute Gasteiger partial charge is 0.309 e. The van der Waals surface area contributed by atoms with Crippen molar-refractivity contribution in [3.8, 4) is 11.4 Å². The number of hydrogen-bond donors (Lipinski definition) is 0. The Balaban J connectivity index is 1.93. The van der Waals surface area contributed by atoms with Crippen LogP contribution in [0.1, 0.15) is 0 Å². The maximum absolute atomic E-state index is 14.4. The maximum Gasteiger partial charge on any atom is 0.171 e. The molecule has 0 unspecified atom stereocenters. The van der Waals surface area contributed by atoms with E-state index in [1.54, 1.807) is 12.4 Å². The van der Waals surface area contributed by atoms with Crippen LogP contribution in [0.2, 0.25) is 0 Å². The summed E-state index contributed by atoms with van der Waals surface area (Å²) in [5, 5.41) is 2.37. The SMILES string of the molecule is O=P(c1ccccc1)(c1ccccc1)c1ccnc(-c2ccccn2)c1. The molecule has 0 aliphatic carbocycles. The Labute approximate surface area is 152 Å². The molecule has 2 heterocycles. The Kier molecular flexibility index (Phi) is 4.47. The van der Waals surface area contributed by atoms with Gasteiger partial charge in [0.2, 0.25) is 0 Å². The van der Waals surface area contributed by atoms with Crippen molar-refractivity contribution in [3.05, 3.63) is 103 Å². The van der Waals surface area contributed by atoms with E-state index in [1.807, 2.05) is 91.0 Å². The molecule has 0 fully saturated rings. The fourth-order valence-electron chi connectivity index (χ4n) is 2.99. The van der Waals surface area contributed by atoms with Gasteiger partial charge in [0.05, 0.1) is 11.4 Å². The van der Waals surface area contributed by atoms with Crippen LogP contribution < -0.4 is 15.9 Å². The molecule has 4 rings (SSSR count). The van der Waals surface area contributed by atoms with E-state index in [-0.39, 0.29) is 0 Å². The van der Waals surface area contributed by atoms with Crippen LogP contribution in [0.25, 0.3) is 11.4 Å². The molecular weight excluding hydrogens is 339 g/mol. The molecule has 4 aromatic rings. The summed E-state index contributed by atoms with van der Waals surface area (Å²) in [6, 6.07) is 28.7. The molecule has 26 heavy (non-hydrogen) atoms. The number of nitrogens with zero attached hydrogens (tertiary/aromatic N) is 2. The summed E-state index contributed by atoms with van der Waals surface area (Å²) in [7, 11) is -2.99. The van der Waals surface area contributed by atoms with Gasteiger partial charge in [0.25, 0.3) is 0 Å². The van der Waals surface area contributed by atoms with Gasteiger partial charge in [-0.3, -0.25) is 9.97 Å². The number of aromatic nitrogens is 2. The zero-order chi connectivity index (χ0) is 17.8. The van der Waals surface area contributed by atoms with Gasteiger partial charge in [-0.2, -0.15) is 0 Å². The number of rotatable bonds is 4. The molecule has 0 radical (unpaired) electrons. The Morgan fingerprint density at radius 3 is 1.69 bits per heavy atom. The van der Waals surface area contributed by atoms with E-state index >= 15 is 0 Å². The van der Waals surface area contributed by atoms with Crippen molar-refractivity contribution in [1.82, 2.24) is 9.97 Å². The molecule has 126 valence electrons. The first-order chi connectivity index (χ1) is 12.8. The van der Waals surface area contributed by atoms with E-state index in [9.17, 15) is 4.57 Å². The van der Waals surface area contributed by atoms with Crippen molar-refractivity contribution >= 4 is 23.1 Å². The summed E-state index contributed by atoms with van der Waals surface area (Å²) in [5.41, 5.74) is 1.48. The lowest BCUT2D eigenvalue weighted by Crippen LogP contribution is -2.25. The minimum atomic E-state index is -2.99. The average Bonchev–Trinajstić information content (AvgIpc) is 2.75. The van der Waals surface area contributed by atoms with Crippen LogP contribution in [0.4, 0.5) is 0 Å².